The highest BCUT2D eigenvalue weighted by Crippen LogP contribution is 2.12. The highest BCUT2D eigenvalue weighted by Gasteiger charge is 2.20. The molecule has 0 aromatic heterocycles. The van der Waals surface area contributed by atoms with Gasteiger partial charge in [0, 0.05) is 18.5 Å². The number of hydrogen-bond donors (Lipinski definition) is 6. The molecule has 0 bridgehead atoms. The van der Waals surface area contributed by atoms with Crippen LogP contribution in [0, 0.1) is 5.41 Å². The Hall–Kier alpha value is -1.22. The summed E-state index contributed by atoms with van der Waals surface area (Å²) in [5.74, 6) is -0.0420. The maximum atomic E-state index is 12.0. The normalized spacial score (nSPS) is 12.6. The number of hydrogen-bond acceptors (Lipinski definition) is 6. The molecule has 8 nitrogen and oxygen atoms in total. The van der Waals surface area contributed by atoms with E-state index in [-0.39, 0.29) is 17.2 Å². The second-order valence-electron chi connectivity index (χ2n) is 8.60. The number of nitrogens with one attached hydrogen (secondary N) is 4. The molecule has 0 heterocycles. The summed E-state index contributed by atoms with van der Waals surface area (Å²) in [5, 5.41) is 12.6. The summed E-state index contributed by atoms with van der Waals surface area (Å²) in [7, 11) is 0. The van der Waals surface area contributed by atoms with Gasteiger partial charge in [0.25, 0.3) is 0 Å². The largest absolute Gasteiger partial charge is 0.356 e. The topological polar surface area (TPSA) is 134 Å². The van der Waals surface area contributed by atoms with Crippen LogP contribution in [0.1, 0.15) is 65.7 Å². The van der Waals surface area contributed by atoms with E-state index in [0.29, 0.717) is 19.5 Å². The molecule has 2 amide bonds. The Bertz CT molecular complexity index is 426. The third kappa shape index (κ3) is 17.4. The van der Waals surface area contributed by atoms with Crippen LogP contribution in [0.2, 0.25) is 0 Å². The van der Waals surface area contributed by atoms with Crippen LogP contribution in [0.4, 0.5) is 0 Å². The zero-order chi connectivity index (χ0) is 22.0. The van der Waals surface area contributed by atoms with Crippen LogP contribution in [0.5, 0.6) is 0 Å². The van der Waals surface area contributed by atoms with Gasteiger partial charge in [-0.15, -0.1) is 0 Å². The van der Waals surface area contributed by atoms with Gasteiger partial charge in [-0.25, -0.2) is 0 Å². The smallest absolute Gasteiger partial charge is 0.236 e. The van der Waals surface area contributed by atoms with E-state index in [9.17, 15) is 9.59 Å². The van der Waals surface area contributed by atoms with Gasteiger partial charge in [-0.2, -0.15) is 0 Å². The molecule has 0 aliphatic carbocycles. The van der Waals surface area contributed by atoms with E-state index >= 15 is 0 Å². The first kappa shape index (κ1) is 27.8. The first-order valence-corrected chi connectivity index (χ1v) is 11.2. The summed E-state index contributed by atoms with van der Waals surface area (Å²) < 4.78 is 0. The van der Waals surface area contributed by atoms with Crippen molar-refractivity contribution in [3.05, 3.63) is 0 Å². The van der Waals surface area contributed by atoms with Crippen LogP contribution < -0.4 is 32.7 Å². The van der Waals surface area contributed by atoms with Gasteiger partial charge in [0.1, 0.15) is 0 Å². The maximum Gasteiger partial charge on any atom is 0.236 e. The number of nitrogens with two attached hydrogens (primary N) is 2. The van der Waals surface area contributed by atoms with E-state index in [4.69, 9.17) is 11.5 Å². The summed E-state index contributed by atoms with van der Waals surface area (Å²) >= 11 is 0. The summed E-state index contributed by atoms with van der Waals surface area (Å²) in [4.78, 5) is 23.7. The Labute approximate surface area is 177 Å². The second kappa shape index (κ2) is 17.6. The zero-order valence-corrected chi connectivity index (χ0v) is 18.9. The fraction of sp³-hybridized carbons (Fsp3) is 0.905. The molecule has 29 heavy (non-hydrogen) atoms. The minimum Gasteiger partial charge on any atom is -0.356 e. The van der Waals surface area contributed by atoms with Crippen LogP contribution in [-0.4, -0.2) is 63.7 Å². The van der Waals surface area contributed by atoms with Gasteiger partial charge in [0.05, 0.1) is 6.04 Å². The molecule has 0 spiro atoms. The molecule has 0 rings (SSSR count). The van der Waals surface area contributed by atoms with Crippen molar-refractivity contribution >= 4 is 11.8 Å². The van der Waals surface area contributed by atoms with E-state index in [1.165, 1.54) is 0 Å². The molecule has 172 valence electrons. The van der Waals surface area contributed by atoms with Crippen molar-refractivity contribution in [3.8, 4) is 0 Å². The lowest BCUT2D eigenvalue weighted by Gasteiger charge is -2.17. The van der Waals surface area contributed by atoms with E-state index < -0.39 is 6.04 Å². The van der Waals surface area contributed by atoms with Crippen molar-refractivity contribution in [2.75, 3.05) is 45.8 Å². The number of rotatable bonds is 18. The molecule has 0 aliphatic heterocycles. The average Bonchev–Trinajstić information content (AvgIpc) is 2.67. The van der Waals surface area contributed by atoms with Gasteiger partial charge >= 0.3 is 0 Å². The zero-order valence-electron chi connectivity index (χ0n) is 18.9. The van der Waals surface area contributed by atoms with E-state index in [0.717, 1.165) is 71.2 Å². The molecule has 0 aromatic rings. The summed E-state index contributed by atoms with van der Waals surface area (Å²) in [6, 6.07) is -0.479. The monoisotopic (exact) mass is 414 g/mol. The summed E-state index contributed by atoms with van der Waals surface area (Å²) in [6.45, 7) is 11.6. The predicted octanol–water partition coefficient (Wildman–Crippen LogP) is 0.461. The Kier molecular flexibility index (Phi) is 16.9. The summed E-state index contributed by atoms with van der Waals surface area (Å²) in [5.41, 5.74) is 11.0. The Balaban J connectivity index is 3.46. The minimum absolute atomic E-state index is 0.0485. The molecule has 8 heteroatoms. The van der Waals surface area contributed by atoms with Gasteiger partial charge in [-0.3, -0.25) is 9.59 Å². The van der Waals surface area contributed by atoms with Crippen LogP contribution in [0.25, 0.3) is 0 Å². The first-order chi connectivity index (χ1) is 13.8. The molecule has 0 radical (unpaired) electrons. The Morgan fingerprint density at radius 2 is 1.28 bits per heavy atom. The van der Waals surface area contributed by atoms with Gasteiger partial charge in [0.15, 0.2) is 0 Å². The number of carbonyl (C=O) groups is 2. The number of amides is 2. The van der Waals surface area contributed by atoms with Crippen molar-refractivity contribution in [1.29, 1.82) is 0 Å². The van der Waals surface area contributed by atoms with Crippen molar-refractivity contribution < 1.29 is 9.59 Å². The minimum atomic E-state index is -0.479. The Morgan fingerprint density at radius 3 is 1.86 bits per heavy atom. The van der Waals surface area contributed by atoms with Crippen molar-refractivity contribution in [2.24, 2.45) is 16.9 Å². The van der Waals surface area contributed by atoms with Crippen LogP contribution >= 0.6 is 0 Å². The molecular weight excluding hydrogens is 368 g/mol. The predicted molar refractivity (Wildman–Crippen MR) is 121 cm³/mol. The third-order valence-corrected chi connectivity index (χ3v) is 4.59. The van der Waals surface area contributed by atoms with Crippen molar-refractivity contribution in [2.45, 2.75) is 71.8 Å². The fourth-order valence-corrected chi connectivity index (χ4v) is 2.62. The molecule has 1 atom stereocenters. The number of unbranched alkanes of at least 4 members (excludes halogenated alkanes) is 2. The third-order valence-electron chi connectivity index (χ3n) is 4.59. The maximum absolute atomic E-state index is 12.0. The standard InChI is InChI=1S/C21H46N6O2/c1-21(2,3)20(29)27-16-5-4-10-18(23)19(28)26-17-9-15-25-13-7-6-12-24-14-8-11-22/h18,24-25H,4-17,22-23H2,1-3H3,(H,26,28)(H,27,29). The molecule has 0 fully saturated rings. The molecule has 1 unspecified atom stereocenters. The van der Waals surface area contributed by atoms with Gasteiger partial charge < -0.3 is 32.7 Å². The van der Waals surface area contributed by atoms with E-state index in [1.807, 2.05) is 20.8 Å². The number of carbonyl (C=O) groups excluding carboxylic acids is 2. The van der Waals surface area contributed by atoms with Crippen molar-refractivity contribution in [3.63, 3.8) is 0 Å². The molecule has 0 aliphatic rings. The summed E-state index contributed by atoms with van der Waals surface area (Å²) in [6.07, 6.45) is 6.51. The first-order valence-electron chi connectivity index (χ1n) is 11.2. The van der Waals surface area contributed by atoms with Gasteiger partial charge in [-0.1, -0.05) is 20.8 Å². The highest BCUT2D eigenvalue weighted by molar-refractivity contribution is 5.81. The lowest BCUT2D eigenvalue weighted by molar-refractivity contribution is -0.128. The highest BCUT2D eigenvalue weighted by atomic mass is 16.2. The molecule has 0 aromatic carbocycles. The molecule has 8 N–H and O–H groups in total. The van der Waals surface area contributed by atoms with Crippen LogP contribution in [-0.2, 0) is 9.59 Å². The Morgan fingerprint density at radius 1 is 0.759 bits per heavy atom. The molecular formula is C21H46N6O2. The van der Waals surface area contributed by atoms with Crippen molar-refractivity contribution in [1.82, 2.24) is 21.3 Å². The van der Waals surface area contributed by atoms with E-state index in [1.54, 1.807) is 0 Å². The van der Waals surface area contributed by atoms with E-state index in [2.05, 4.69) is 21.3 Å². The van der Waals surface area contributed by atoms with Crippen LogP contribution in [0.15, 0.2) is 0 Å². The lowest BCUT2D eigenvalue weighted by atomic mass is 9.95. The van der Waals surface area contributed by atoms with Gasteiger partial charge in [0.2, 0.25) is 11.8 Å². The SMILES string of the molecule is CC(C)(C)C(=O)NCCCCC(N)C(=O)NCCCNCCCCNCCCN. The van der Waals surface area contributed by atoms with Gasteiger partial charge in [-0.05, 0) is 77.7 Å². The molecule has 0 saturated heterocycles. The quantitative estimate of drug-likeness (QED) is 0.180. The lowest BCUT2D eigenvalue weighted by Crippen LogP contribution is -2.41. The van der Waals surface area contributed by atoms with Crippen LogP contribution in [0.3, 0.4) is 0 Å². The average molecular weight is 415 g/mol. The fourth-order valence-electron chi connectivity index (χ4n) is 2.62. The molecule has 0 saturated carbocycles. The second-order valence-corrected chi connectivity index (χ2v) is 8.60.